The topological polar surface area (TPSA) is 39.2 Å². The lowest BCUT2D eigenvalue weighted by atomic mass is 10.3. The van der Waals surface area contributed by atoms with Gasteiger partial charge in [-0.3, -0.25) is 4.98 Å². The maximum atomic E-state index is 11.5. The first kappa shape index (κ1) is 9.86. The van der Waals surface area contributed by atoms with Crippen LogP contribution in [0.4, 0.5) is 0 Å². The van der Waals surface area contributed by atoms with Gasteiger partial charge in [0.05, 0.1) is 5.56 Å². The fourth-order valence-electron chi connectivity index (χ4n) is 1.07. The summed E-state index contributed by atoms with van der Waals surface area (Å²) in [6, 6.07) is 3.33. The molecule has 0 aromatic carbocycles. The molecule has 0 atom stereocenters. The second kappa shape index (κ2) is 4.70. The maximum Gasteiger partial charge on any atom is 0.338 e. The van der Waals surface area contributed by atoms with Crippen LogP contribution in [0.5, 0.6) is 0 Å². The highest BCUT2D eigenvalue weighted by atomic mass is 33.1. The minimum Gasteiger partial charge on any atom is -0.457 e. The molecule has 2 rings (SSSR count). The predicted octanol–water partition coefficient (Wildman–Crippen LogP) is 2.00. The van der Waals surface area contributed by atoms with E-state index in [1.165, 1.54) is 0 Å². The van der Waals surface area contributed by atoms with E-state index in [2.05, 4.69) is 4.98 Å². The van der Waals surface area contributed by atoms with Crippen LogP contribution in [0.25, 0.3) is 0 Å². The summed E-state index contributed by atoms with van der Waals surface area (Å²) < 4.78 is 5.29. The van der Waals surface area contributed by atoms with Crippen molar-refractivity contribution in [3.05, 3.63) is 30.1 Å². The van der Waals surface area contributed by atoms with E-state index in [0.717, 1.165) is 11.5 Å². The maximum absolute atomic E-state index is 11.5. The first-order valence-corrected chi connectivity index (χ1v) is 6.70. The first-order valence-electron chi connectivity index (χ1n) is 4.21. The van der Waals surface area contributed by atoms with E-state index in [4.69, 9.17) is 4.74 Å². The highest BCUT2D eigenvalue weighted by molar-refractivity contribution is 8.77. The molecule has 0 N–H and O–H groups in total. The summed E-state index contributed by atoms with van der Waals surface area (Å²) in [5.74, 6) is 1.53. The lowest BCUT2D eigenvalue weighted by molar-refractivity contribution is 0.0397. The first-order chi connectivity index (χ1) is 6.86. The number of hydrogen-bond donors (Lipinski definition) is 0. The molecule has 1 aliphatic rings. The predicted molar refractivity (Wildman–Crippen MR) is 58.4 cm³/mol. The Labute approximate surface area is 90.0 Å². The number of aromatic nitrogens is 1. The quantitative estimate of drug-likeness (QED) is 0.571. The highest BCUT2D eigenvalue weighted by Crippen LogP contribution is 2.32. The summed E-state index contributed by atoms with van der Waals surface area (Å²) in [4.78, 5) is 15.4. The van der Waals surface area contributed by atoms with Gasteiger partial charge < -0.3 is 4.74 Å². The second-order valence-corrected chi connectivity index (χ2v) is 5.38. The number of hydrogen-bond acceptors (Lipinski definition) is 5. The van der Waals surface area contributed by atoms with Gasteiger partial charge in [-0.1, -0.05) is 21.6 Å². The molecule has 1 aliphatic heterocycles. The Morgan fingerprint density at radius 3 is 2.64 bits per heavy atom. The van der Waals surface area contributed by atoms with Crippen LogP contribution < -0.4 is 0 Å². The molecule has 14 heavy (non-hydrogen) atoms. The van der Waals surface area contributed by atoms with Gasteiger partial charge in [-0.2, -0.15) is 0 Å². The normalized spacial score (nSPS) is 16.9. The standard InChI is InChI=1S/C9H9NO2S2/c11-9(7-1-3-10-4-2-7)12-8-5-13-14-6-8/h1-4,8H,5-6H2. The Bertz CT molecular complexity index is 312. The van der Waals surface area contributed by atoms with Crippen molar-refractivity contribution < 1.29 is 9.53 Å². The van der Waals surface area contributed by atoms with Crippen molar-refractivity contribution in [3.8, 4) is 0 Å². The lowest BCUT2D eigenvalue weighted by Gasteiger charge is -2.09. The minimum absolute atomic E-state index is 0.0608. The van der Waals surface area contributed by atoms with E-state index in [1.807, 2.05) is 0 Å². The zero-order chi connectivity index (χ0) is 9.80. The van der Waals surface area contributed by atoms with Crippen LogP contribution in [0.3, 0.4) is 0 Å². The van der Waals surface area contributed by atoms with Crippen molar-refractivity contribution in [2.45, 2.75) is 6.10 Å². The number of carbonyl (C=O) groups excluding carboxylic acids is 1. The Hall–Kier alpha value is -0.680. The van der Waals surface area contributed by atoms with Crippen LogP contribution in [0, 0.1) is 0 Å². The number of carbonyl (C=O) groups is 1. The Morgan fingerprint density at radius 2 is 2.00 bits per heavy atom. The third-order valence-electron chi connectivity index (χ3n) is 1.78. The minimum atomic E-state index is -0.250. The molecule has 0 aliphatic carbocycles. The molecule has 3 nitrogen and oxygen atoms in total. The Kier molecular flexibility index (Phi) is 3.31. The smallest absolute Gasteiger partial charge is 0.338 e. The average molecular weight is 227 g/mol. The molecule has 74 valence electrons. The van der Waals surface area contributed by atoms with Crippen LogP contribution in [-0.4, -0.2) is 28.6 Å². The molecule has 1 fully saturated rings. The van der Waals surface area contributed by atoms with Gasteiger partial charge in [0, 0.05) is 23.9 Å². The van der Waals surface area contributed by atoms with E-state index < -0.39 is 0 Å². The van der Waals surface area contributed by atoms with Gasteiger partial charge in [-0.25, -0.2) is 4.79 Å². The van der Waals surface area contributed by atoms with E-state index in [0.29, 0.717) is 5.56 Å². The fourth-order valence-corrected chi connectivity index (χ4v) is 3.58. The van der Waals surface area contributed by atoms with Crippen molar-refractivity contribution in [1.29, 1.82) is 0 Å². The van der Waals surface area contributed by atoms with Crippen molar-refractivity contribution in [1.82, 2.24) is 4.98 Å². The van der Waals surface area contributed by atoms with Gasteiger partial charge in [0.15, 0.2) is 0 Å². The summed E-state index contributed by atoms with van der Waals surface area (Å²) in [7, 11) is 3.49. The number of nitrogens with zero attached hydrogens (tertiary/aromatic N) is 1. The van der Waals surface area contributed by atoms with Crippen molar-refractivity contribution in [3.63, 3.8) is 0 Å². The van der Waals surface area contributed by atoms with Gasteiger partial charge >= 0.3 is 5.97 Å². The molecule has 0 amide bonds. The second-order valence-electron chi connectivity index (χ2n) is 2.83. The lowest BCUT2D eigenvalue weighted by Crippen LogP contribution is -2.19. The van der Waals surface area contributed by atoms with Gasteiger partial charge in [0.1, 0.15) is 6.10 Å². The molecule has 0 saturated carbocycles. The molecule has 1 aromatic heterocycles. The van der Waals surface area contributed by atoms with E-state index in [-0.39, 0.29) is 12.1 Å². The number of esters is 1. The summed E-state index contributed by atoms with van der Waals surface area (Å²) >= 11 is 0. The van der Waals surface area contributed by atoms with Gasteiger partial charge in [-0.05, 0) is 12.1 Å². The van der Waals surface area contributed by atoms with Crippen molar-refractivity contribution in [2.24, 2.45) is 0 Å². The van der Waals surface area contributed by atoms with Crippen LogP contribution in [0.2, 0.25) is 0 Å². The molecular formula is C9H9NO2S2. The summed E-state index contributed by atoms with van der Waals surface area (Å²) in [6.07, 6.45) is 3.24. The zero-order valence-corrected chi connectivity index (χ0v) is 9.01. The summed E-state index contributed by atoms with van der Waals surface area (Å²) in [5.41, 5.74) is 0.571. The molecule has 0 bridgehead atoms. The van der Waals surface area contributed by atoms with E-state index in [9.17, 15) is 4.79 Å². The molecule has 1 saturated heterocycles. The molecule has 0 radical (unpaired) electrons. The SMILES string of the molecule is O=C(OC1CSSC1)c1ccncc1. The molecular weight excluding hydrogens is 218 g/mol. The third kappa shape index (κ3) is 2.42. The van der Waals surface area contributed by atoms with Gasteiger partial charge in [0.25, 0.3) is 0 Å². The summed E-state index contributed by atoms with van der Waals surface area (Å²) in [5, 5.41) is 0. The van der Waals surface area contributed by atoms with E-state index >= 15 is 0 Å². The summed E-state index contributed by atoms with van der Waals surface area (Å²) in [6.45, 7) is 0. The van der Waals surface area contributed by atoms with Crippen molar-refractivity contribution in [2.75, 3.05) is 11.5 Å². The van der Waals surface area contributed by atoms with Crippen LogP contribution in [-0.2, 0) is 4.74 Å². The van der Waals surface area contributed by atoms with Crippen LogP contribution in [0.15, 0.2) is 24.5 Å². The molecule has 5 heteroatoms. The number of pyridine rings is 1. The van der Waals surface area contributed by atoms with Crippen molar-refractivity contribution >= 4 is 27.6 Å². The van der Waals surface area contributed by atoms with Crippen LogP contribution in [0.1, 0.15) is 10.4 Å². The molecule has 0 spiro atoms. The van der Waals surface area contributed by atoms with E-state index in [1.54, 1.807) is 46.1 Å². The fraction of sp³-hybridized carbons (Fsp3) is 0.333. The molecule has 0 unspecified atom stereocenters. The monoisotopic (exact) mass is 227 g/mol. The Morgan fingerprint density at radius 1 is 1.36 bits per heavy atom. The Balaban J connectivity index is 1.95. The largest absolute Gasteiger partial charge is 0.457 e. The van der Waals surface area contributed by atoms with Crippen LogP contribution >= 0.6 is 21.6 Å². The van der Waals surface area contributed by atoms with Gasteiger partial charge in [-0.15, -0.1) is 0 Å². The number of ether oxygens (including phenoxy) is 1. The third-order valence-corrected chi connectivity index (χ3v) is 4.28. The van der Waals surface area contributed by atoms with Gasteiger partial charge in [0.2, 0.25) is 0 Å². The molecule has 1 aromatic rings. The molecule has 2 heterocycles. The average Bonchev–Trinajstić information content (AvgIpc) is 2.72. The number of rotatable bonds is 2. The highest BCUT2D eigenvalue weighted by Gasteiger charge is 2.21. The zero-order valence-electron chi connectivity index (χ0n) is 7.38.